The minimum atomic E-state index is -5.15. The van der Waals surface area contributed by atoms with Crippen LogP contribution in [0.15, 0.2) is 47.1 Å². The maximum Gasteiger partial charge on any atom is 0.433 e. The highest BCUT2D eigenvalue weighted by atomic mass is 19.4. The van der Waals surface area contributed by atoms with Gasteiger partial charge in [-0.05, 0) is 37.1 Å². The number of nitrogens with two attached hydrogens (primary N) is 1. The molecule has 0 fully saturated rings. The van der Waals surface area contributed by atoms with E-state index in [1.165, 1.54) is 18.2 Å². The number of hydrogen-bond acceptors (Lipinski definition) is 3. The van der Waals surface area contributed by atoms with Crippen LogP contribution in [0.3, 0.4) is 0 Å². The average molecular weight is 375 g/mol. The summed E-state index contributed by atoms with van der Waals surface area (Å²) >= 11 is 0. The van der Waals surface area contributed by atoms with Crippen LogP contribution in [0.2, 0.25) is 0 Å². The summed E-state index contributed by atoms with van der Waals surface area (Å²) in [5.41, 5.74) is 3.22. The topological polar surface area (TPSA) is 62.2 Å². The molecule has 0 radical (unpaired) electrons. The molecule has 0 heterocycles. The highest BCUT2D eigenvalue weighted by Gasteiger charge is 2.38. The fourth-order valence-corrected chi connectivity index (χ4v) is 1.97. The van der Waals surface area contributed by atoms with Crippen LogP contribution in [-0.2, 0) is 0 Å². The Balaban J connectivity index is 3.38. The molecule has 1 aromatic carbocycles. The summed E-state index contributed by atoms with van der Waals surface area (Å²) in [5, 5.41) is 9.28. The van der Waals surface area contributed by atoms with E-state index in [0.717, 1.165) is 6.92 Å². The van der Waals surface area contributed by atoms with Crippen molar-refractivity contribution in [3.63, 3.8) is 0 Å². The van der Waals surface area contributed by atoms with Crippen LogP contribution in [0.1, 0.15) is 24.0 Å². The number of alkyl halides is 6. The molecule has 3 nitrogen and oxygen atoms in total. The number of rotatable bonds is 4. The summed E-state index contributed by atoms with van der Waals surface area (Å²) in [6, 6.07) is 6.23. The molecule has 26 heavy (non-hydrogen) atoms. The molecule has 0 spiro atoms. The van der Waals surface area contributed by atoms with Crippen LogP contribution in [0.4, 0.5) is 32.0 Å². The average Bonchev–Trinajstić information content (AvgIpc) is 2.48. The Morgan fingerprint density at radius 3 is 2.23 bits per heavy atom. The number of allylic oxidation sites excluding steroid dienone is 3. The Kier molecular flexibility index (Phi) is 6.25. The van der Waals surface area contributed by atoms with E-state index in [1.807, 2.05) is 0 Å². The van der Waals surface area contributed by atoms with Gasteiger partial charge in [0, 0.05) is 11.4 Å². The van der Waals surface area contributed by atoms with E-state index in [2.05, 4.69) is 11.6 Å². The smallest absolute Gasteiger partial charge is 0.399 e. The molecule has 1 atom stereocenters. The zero-order valence-corrected chi connectivity index (χ0v) is 13.8. The van der Waals surface area contributed by atoms with Crippen LogP contribution in [-0.4, -0.2) is 18.1 Å². The van der Waals surface area contributed by atoms with Gasteiger partial charge in [0.1, 0.15) is 11.6 Å². The normalized spacial score (nSPS) is 14.7. The van der Waals surface area contributed by atoms with Crippen LogP contribution in [0.25, 0.3) is 0 Å². The van der Waals surface area contributed by atoms with E-state index in [0.29, 0.717) is 16.8 Å². The summed E-state index contributed by atoms with van der Waals surface area (Å²) in [6.45, 7) is 5.36. The second-order valence-corrected chi connectivity index (χ2v) is 5.48. The van der Waals surface area contributed by atoms with Crippen LogP contribution in [0.5, 0.6) is 0 Å². The Morgan fingerprint density at radius 2 is 1.81 bits per heavy atom. The lowest BCUT2D eigenvalue weighted by atomic mass is 9.94. The van der Waals surface area contributed by atoms with Crippen molar-refractivity contribution in [1.82, 2.24) is 0 Å². The lowest BCUT2D eigenvalue weighted by molar-refractivity contribution is -0.0959. The molecule has 0 amide bonds. The summed E-state index contributed by atoms with van der Waals surface area (Å²) < 4.78 is 76.5. The van der Waals surface area contributed by atoms with E-state index in [1.54, 1.807) is 13.0 Å². The van der Waals surface area contributed by atoms with Gasteiger partial charge in [-0.1, -0.05) is 18.7 Å². The number of hydrogen-bond donors (Lipinski definition) is 1. The molecule has 0 aromatic heterocycles. The molecule has 2 N–H and O–H groups in total. The van der Waals surface area contributed by atoms with Gasteiger partial charge in [-0.25, -0.2) is 0 Å². The second-order valence-electron chi connectivity index (χ2n) is 5.48. The molecule has 0 aliphatic rings. The van der Waals surface area contributed by atoms with Crippen molar-refractivity contribution in [1.29, 1.82) is 5.26 Å². The van der Waals surface area contributed by atoms with E-state index < -0.39 is 29.5 Å². The molecule has 0 saturated carbocycles. The van der Waals surface area contributed by atoms with Gasteiger partial charge >= 0.3 is 12.4 Å². The molecule has 0 bridgehead atoms. The fourth-order valence-electron chi connectivity index (χ4n) is 1.97. The summed E-state index contributed by atoms with van der Waals surface area (Å²) in [7, 11) is 0. The van der Waals surface area contributed by atoms with Crippen molar-refractivity contribution < 1.29 is 26.3 Å². The minimum Gasteiger partial charge on any atom is -0.399 e. The lowest BCUT2D eigenvalue weighted by Crippen LogP contribution is -2.17. The highest BCUT2D eigenvalue weighted by molar-refractivity contribution is 5.92. The maximum atomic E-state index is 13.0. The number of benzene rings is 1. The molecule has 1 unspecified atom stereocenters. The molecule has 140 valence electrons. The second kappa shape index (κ2) is 7.64. The van der Waals surface area contributed by atoms with Gasteiger partial charge in [-0.2, -0.15) is 31.6 Å². The monoisotopic (exact) mass is 375 g/mol. The van der Waals surface area contributed by atoms with Crippen molar-refractivity contribution in [2.45, 2.75) is 32.1 Å². The van der Waals surface area contributed by atoms with E-state index >= 15 is 0 Å². The van der Waals surface area contributed by atoms with Crippen molar-refractivity contribution >= 4 is 11.4 Å². The first-order valence-electron chi connectivity index (χ1n) is 7.13. The first-order valence-corrected chi connectivity index (χ1v) is 7.13. The number of nitrogens with zero attached hydrogens (tertiary/aromatic N) is 2. The number of nitriles is 1. The van der Waals surface area contributed by atoms with Crippen LogP contribution in [0, 0.1) is 18.3 Å². The fraction of sp³-hybridized carbons (Fsp3) is 0.294. The largest absolute Gasteiger partial charge is 0.433 e. The quantitative estimate of drug-likeness (QED) is 0.340. The van der Waals surface area contributed by atoms with Gasteiger partial charge in [0.25, 0.3) is 0 Å². The molecule has 9 heteroatoms. The molecule has 1 rings (SSSR count). The lowest BCUT2D eigenvalue weighted by Gasteiger charge is -2.14. The minimum absolute atomic E-state index is 0.188. The predicted molar refractivity (Wildman–Crippen MR) is 86.4 cm³/mol. The van der Waals surface area contributed by atoms with Crippen molar-refractivity contribution in [2.75, 3.05) is 5.73 Å². The van der Waals surface area contributed by atoms with Gasteiger partial charge in [0.2, 0.25) is 0 Å². The van der Waals surface area contributed by atoms with Gasteiger partial charge in [-0.3, -0.25) is 4.99 Å². The van der Waals surface area contributed by atoms with Crippen LogP contribution >= 0.6 is 0 Å². The molecular formula is C17H15F6N3. The molecule has 0 aliphatic carbocycles. The van der Waals surface area contributed by atoms with Gasteiger partial charge in [0.15, 0.2) is 0 Å². The van der Waals surface area contributed by atoms with E-state index in [-0.39, 0.29) is 11.8 Å². The number of aryl methyl sites for hydroxylation is 1. The number of anilines is 1. The summed E-state index contributed by atoms with van der Waals surface area (Å²) in [5.74, 6) is -1.18. The first kappa shape index (κ1) is 21.3. The van der Waals surface area contributed by atoms with Gasteiger partial charge in [0.05, 0.1) is 11.6 Å². The Morgan fingerprint density at radius 1 is 1.23 bits per heavy atom. The zero-order valence-electron chi connectivity index (χ0n) is 13.8. The maximum absolute atomic E-state index is 13.0. The predicted octanol–water partition coefficient (Wildman–Crippen LogP) is 5.21. The third-order valence-corrected chi connectivity index (χ3v) is 3.44. The number of aliphatic imine (C=N–C) groups is 1. The first-order chi connectivity index (χ1) is 11.8. The molecular weight excluding hydrogens is 360 g/mol. The van der Waals surface area contributed by atoms with Crippen molar-refractivity contribution in [2.24, 2.45) is 4.99 Å². The van der Waals surface area contributed by atoms with Gasteiger partial charge < -0.3 is 5.73 Å². The standard InChI is InChI=1S/C17H15F6N3/c1-9-6-12(4-5-14(9)25)13(8-24)11(3)26-15(17(21,22)23)7-10(2)16(18,19)20/h4-7,13H,2,25H2,1,3H3/b15-7-,26-11?. The number of halogens is 6. The third-order valence-electron chi connectivity index (χ3n) is 3.44. The molecule has 1 aromatic rings. The summed E-state index contributed by atoms with van der Waals surface area (Å²) in [4.78, 5) is 3.24. The molecule has 0 saturated heterocycles. The van der Waals surface area contributed by atoms with Gasteiger partial charge in [-0.15, -0.1) is 0 Å². The summed E-state index contributed by atoms with van der Waals surface area (Å²) in [6.07, 6.45) is -10.4. The Bertz CT molecular complexity index is 794. The Hall–Kier alpha value is -2.76. The van der Waals surface area contributed by atoms with E-state index in [4.69, 9.17) is 5.73 Å². The SMILES string of the molecule is C=C(/C=C(\N=C(C)C(C#N)c1ccc(N)c(C)c1)C(F)(F)F)C(F)(F)F. The van der Waals surface area contributed by atoms with Crippen molar-refractivity contribution in [3.05, 3.63) is 53.3 Å². The molecule has 0 aliphatic heterocycles. The Labute approximate surface area is 146 Å². The van der Waals surface area contributed by atoms with Crippen molar-refractivity contribution in [3.8, 4) is 6.07 Å². The van der Waals surface area contributed by atoms with E-state index in [9.17, 15) is 31.6 Å². The highest BCUT2D eigenvalue weighted by Crippen LogP contribution is 2.33. The van der Waals surface area contributed by atoms with Crippen LogP contribution < -0.4 is 5.73 Å². The third kappa shape index (κ3) is 5.37. The number of nitrogen functional groups attached to an aromatic ring is 1. The zero-order chi connectivity index (χ0) is 20.3.